The molecule has 5 rings (SSSR count). The van der Waals surface area contributed by atoms with E-state index in [-0.39, 0.29) is 5.41 Å². The van der Waals surface area contributed by atoms with E-state index in [0.717, 1.165) is 40.1 Å². The van der Waals surface area contributed by atoms with Gasteiger partial charge >= 0.3 is 0 Å². The second-order valence-corrected chi connectivity index (χ2v) is 8.85. The molecular formula is C26H25N3O. The fraction of sp³-hybridized carbons (Fsp3) is 0.231. The SMILES string of the molecule is CC(C)(C)c1ccc(Cn2c(Cc3noc4ccccc34)nc3ccccc32)cc1. The third kappa shape index (κ3) is 3.39. The Morgan fingerprint density at radius 1 is 0.867 bits per heavy atom. The lowest BCUT2D eigenvalue weighted by atomic mass is 9.87. The lowest BCUT2D eigenvalue weighted by Crippen LogP contribution is -2.11. The summed E-state index contributed by atoms with van der Waals surface area (Å²) in [6, 6.07) is 25.2. The average molecular weight is 396 g/mol. The molecule has 0 saturated carbocycles. The van der Waals surface area contributed by atoms with Gasteiger partial charge in [-0.1, -0.05) is 74.5 Å². The lowest BCUT2D eigenvalue weighted by molar-refractivity contribution is 0.447. The molecule has 0 atom stereocenters. The second kappa shape index (κ2) is 7.13. The quantitative estimate of drug-likeness (QED) is 0.368. The molecule has 150 valence electrons. The Hall–Kier alpha value is -3.40. The second-order valence-electron chi connectivity index (χ2n) is 8.85. The molecule has 0 unspecified atom stereocenters. The van der Waals surface area contributed by atoms with Gasteiger partial charge in [0.15, 0.2) is 5.58 Å². The zero-order chi connectivity index (χ0) is 20.7. The first kappa shape index (κ1) is 18.6. The van der Waals surface area contributed by atoms with Crippen LogP contribution in [0.4, 0.5) is 0 Å². The summed E-state index contributed by atoms with van der Waals surface area (Å²) in [6.45, 7) is 7.50. The van der Waals surface area contributed by atoms with E-state index in [1.54, 1.807) is 0 Å². The molecule has 0 radical (unpaired) electrons. The molecule has 4 heteroatoms. The van der Waals surface area contributed by atoms with E-state index in [9.17, 15) is 0 Å². The largest absolute Gasteiger partial charge is 0.356 e. The Kier molecular flexibility index (Phi) is 4.43. The summed E-state index contributed by atoms with van der Waals surface area (Å²) < 4.78 is 7.81. The molecule has 0 aliphatic carbocycles. The molecule has 0 saturated heterocycles. The van der Waals surface area contributed by atoms with Crippen LogP contribution in [0.2, 0.25) is 0 Å². The predicted octanol–water partition coefficient (Wildman–Crippen LogP) is 6.11. The number of imidazole rings is 1. The van der Waals surface area contributed by atoms with Crippen LogP contribution < -0.4 is 0 Å². The summed E-state index contributed by atoms with van der Waals surface area (Å²) in [7, 11) is 0. The number of benzene rings is 3. The van der Waals surface area contributed by atoms with Crippen molar-refractivity contribution in [3.05, 3.63) is 95.4 Å². The van der Waals surface area contributed by atoms with Crippen molar-refractivity contribution in [1.29, 1.82) is 0 Å². The molecule has 0 amide bonds. The molecule has 3 aromatic carbocycles. The third-order valence-corrected chi connectivity index (χ3v) is 5.67. The van der Waals surface area contributed by atoms with E-state index in [1.807, 2.05) is 24.3 Å². The highest BCUT2D eigenvalue weighted by Gasteiger charge is 2.17. The van der Waals surface area contributed by atoms with Crippen molar-refractivity contribution in [3.8, 4) is 0 Å². The Morgan fingerprint density at radius 3 is 2.40 bits per heavy atom. The van der Waals surface area contributed by atoms with Crippen molar-refractivity contribution in [1.82, 2.24) is 14.7 Å². The number of aromatic nitrogens is 3. The van der Waals surface area contributed by atoms with Crippen molar-refractivity contribution in [2.75, 3.05) is 0 Å². The van der Waals surface area contributed by atoms with Gasteiger partial charge in [-0.15, -0.1) is 0 Å². The summed E-state index contributed by atoms with van der Waals surface area (Å²) in [4.78, 5) is 4.93. The van der Waals surface area contributed by atoms with E-state index in [0.29, 0.717) is 6.42 Å². The fourth-order valence-corrected chi connectivity index (χ4v) is 3.94. The van der Waals surface area contributed by atoms with Crippen molar-refractivity contribution in [2.24, 2.45) is 0 Å². The van der Waals surface area contributed by atoms with Gasteiger partial charge in [-0.3, -0.25) is 0 Å². The van der Waals surface area contributed by atoms with Crippen LogP contribution in [0, 0.1) is 0 Å². The average Bonchev–Trinajstić information content (AvgIpc) is 3.30. The van der Waals surface area contributed by atoms with Crippen molar-refractivity contribution >= 4 is 22.0 Å². The van der Waals surface area contributed by atoms with Gasteiger partial charge in [-0.2, -0.15) is 0 Å². The van der Waals surface area contributed by atoms with Crippen LogP contribution in [0.5, 0.6) is 0 Å². The van der Waals surface area contributed by atoms with Crippen LogP contribution in [0.25, 0.3) is 22.0 Å². The number of hydrogen-bond acceptors (Lipinski definition) is 3. The van der Waals surface area contributed by atoms with Gasteiger partial charge in [0, 0.05) is 11.9 Å². The number of hydrogen-bond donors (Lipinski definition) is 0. The standard InChI is InChI=1S/C26H25N3O/c1-26(2,3)19-14-12-18(13-15-19)17-29-23-10-6-5-9-21(23)27-25(29)16-22-20-8-4-7-11-24(20)30-28-22/h4-15H,16-17H2,1-3H3. The third-order valence-electron chi connectivity index (χ3n) is 5.67. The van der Waals surface area contributed by atoms with Crippen LogP contribution in [0.1, 0.15) is 43.4 Å². The molecule has 4 nitrogen and oxygen atoms in total. The minimum Gasteiger partial charge on any atom is -0.356 e. The normalized spacial score (nSPS) is 12.1. The molecule has 0 aliphatic rings. The zero-order valence-corrected chi connectivity index (χ0v) is 17.6. The molecular weight excluding hydrogens is 370 g/mol. The van der Waals surface area contributed by atoms with Gasteiger partial charge in [0.25, 0.3) is 0 Å². The van der Waals surface area contributed by atoms with Gasteiger partial charge in [0.05, 0.1) is 23.1 Å². The summed E-state index contributed by atoms with van der Waals surface area (Å²) in [5.41, 5.74) is 6.64. The van der Waals surface area contributed by atoms with Crippen molar-refractivity contribution < 1.29 is 4.52 Å². The summed E-state index contributed by atoms with van der Waals surface area (Å²) in [6.07, 6.45) is 0.631. The molecule has 2 heterocycles. The summed E-state index contributed by atoms with van der Waals surface area (Å²) in [5, 5.41) is 5.37. The number of fused-ring (bicyclic) bond motifs is 2. The topological polar surface area (TPSA) is 43.9 Å². The van der Waals surface area contributed by atoms with Crippen molar-refractivity contribution in [3.63, 3.8) is 0 Å². The highest BCUT2D eigenvalue weighted by Crippen LogP contribution is 2.25. The van der Waals surface area contributed by atoms with Crippen LogP contribution in [-0.4, -0.2) is 14.7 Å². The molecule has 2 aromatic heterocycles. The lowest BCUT2D eigenvalue weighted by Gasteiger charge is -2.19. The molecule has 5 aromatic rings. The molecule has 30 heavy (non-hydrogen) atoms. The van der Waals surface area contributed by atoms with E-state index >= 15 is 0 Å². The Morgan fingerprint density at radius 2 is 1.60 bits per heavy atom. The number of para-hydroxylation sites is 3. The monoisotopic (exact) mass is 395 g/mol. The fourth-order valence-electron chi connectivity index (χ4n) is 3.94. The van der Waals surface area contributed by atoms with Gasteiger partial charge in [-0.05, 0) is 40.8 Å². The van der Waals surface area contributed by atoms with E-state index in [2.05, 4.69) is 79.0 Å². The summed E-state index contributed by atoms with van der Waals surface area (Å²) in [5.74, 6) is 0.996. The van der Waals surface area contributed by atoms with Crippen LogP contribution in [0.15, 0.2) is 77.3 Å². The first-order valence-corrected chi connectivity index (χ1v) is 10.4. The van der Waals surface area contributed by atoms with E-state index in [1.165, 1.54) is 11.1 Å². The molecule has 0 fully saturated rings. The van der Waals surface area contributed by atoms with Crippen molar-refractivity contribution in [2.45, 2.75) is 39.2 Å². The van der Waals surface area contributed by atoms with Crippen LogP contribution in [0.3, 0.4) is 0 Å². The maximum absolute atomic E-state index is 5.51. The first-order valence-electron chi connectivity index (χ1n) is 10.4. The Balaban J connectivity index is 1.54. The maximum atomic E-state index is 5.51. The van der Waals surface area contributed by atoms with Gasteiger partial charge in [0.1, 0.15) is 5.82 Å². The maximum Gasteiger partial charge on any atom is 0.167 e. The molecule has 0 bridgehead atoms. The highest BCUT2D eigenvalue weighted by molar-refractivity contribution is 5.80. The van der Waals surface area contributed by atoms with E-state index in [4.69, 9.17) is 9.51 Å². The molecule has 0 N–H and O–H groups in total. The van der Waals surface area contributed by atoms with Crippen LogP contribution >= 0.6 is 0 Å². The highest BCUT2D eigenvalue weighted by atomic mass is 16.5. The van der Waals surface area contributed by atoms with Gasteiger partial charge in [-0.25, -0.2) is 4.98 Å². The molecule has 0 aliphatic heterocycles. The first-order chi connectivity index (χ1) is 14.5. The minimum absolute atomic E-state index is 0.152. The van der Waals surface area contributed by atoms with Gasteiger partial charge in [0.2, 0.25) is 0 Å². The smallest absolute Gasteiger partial charge is 0.167 e. The number of rotatable bonds is 4. The molecule has 0 spiro atoms. The zero-order valence-electron chi connectivity index (χ0n) is 17.6. The number of nitrogens with zero attached hydrogens (tertiary/aromatic N) is 3. The summed E-state index contributed by atoms with van der Waals surface area (Å²) >= 11 is 0. The van der Waals surface area contributed by atoms with Crippen LogP contribution in [-0.2, 0) is 18.4 Å². The Bertz CT molecular complexity index is 1320. The van der Waals surface area contributed by atoms with Gasteiger partial charge < -0.3 is 9.09 Å². The minimum atomic E-state index is 0.152. The predicted molar refractivity (Wildman–Crippen MR) is 121 cm³/mol. The van der Waals surface area contributed by atoms with E-state index < -0.39 is 0 Å². The Labute approximate surface area is 176 Å².